The zero-order valence-corrected chi connectivity index (χ0v) is 21.8. The van der Waals surface area contributed by atoms with E-state index < -0.39 is 16.1 Å². The first-order chi connectivity index (χ1) is 15.7. The van der Waals surface area contributed by atoms with Gasteiger partial charge in [0.2, 0.25) is 5.91 Å². The van der Waals surface area contributed by atoms with Gasteiger partial charge in [-0.1, -0.05) is 48.0 Å². The number of anilines is 1. The quantitative estimate of drug-likeness (QED) is 0.462. The molecule has 1 N–H and O–H groups in total. The second-order valence-electron chi connectivity index (χ2n) is 7.77. The highest BCUT2D eigenvalue weighted by Crippen LogP contribution is 2.29. The van der Waals surface area contributed by atoms with Crippen molar-refractivity contribution in [2.45, 2.75) is 17.2 Å². The van der Waals surface area contributed by atoms with Crippen molar-refractivity contribution >= 4 is 60.5 Å². The number of sulfonamides is 1. The summed E-state index contributed by atoms with van der Waals surface area (Å²) in [6.45, 7) is 4.28. The molecule has 0 radical (unpaired) electrons. The van der Waals surface area contributed by atoms with Gasteiger partial charge in [0.15, 0.2) is 0 Å². The van der Waals surface area contributed by atoms with E-state index in [2.05, 4.69) is 25.6 Å². The van der Waals surface area contributed by atoms with Crippen LogP contribution in [0.3, 0.4) is 0 Å². The number of hydrogen-bond acceptors (Lipinski definition) is 5. The normalized spacial score (nSPS) is 15.5. The van der Waals surface area contributed by atoms with Crippen molar-refractivity contribution in [2.24, 2.45) is 0 Å². The van der Waals surface area contributed by atoms with Crippen LogP contribution in [-0.4, -0.2) is 45.4 Å². The Morgan fingerprint density at radius 3 is 2.39 bits per heavy atom. The SMILES string of the molecule is Cc1ccc(Cl)cc1N1CCN(C(=O)[C@H](NS(=O)(=O)c2ccc(Br)s2)c2ccccc2)CC1. The summed E-state index contributed by atoms with van der Waals surface area (Å²) in [5, 5.41) is 0.674. The fourth-order valence-corrected chi connectivity index (χ4v) is 7.21. The van der Waals surface area contributed by atoms with Crippen LogP contribution in [0.25, 0.3) is 0 Å². The van der Waals surface area contributed by atoms with Gasteiger partial charge in [-0.15, -0.1) is 11.3 Å². The fourth-order valence-electron chi connectivity index (χ4n) is 3.84. The van der Waals surface area contributed by atoms with Gasteiger partial charge in [0.1, 0.15) is 10.3 Å². The molecule has 1 fully saturated rings. The van der Waals surface area contributed by atoms with Gasteiger partial charge in [-0.25, -0.2) is 8.42 Å². The summed E-state index contributed by atoms with van der Waals surface area (Å²) in [5.74, 6) is -0.261. The molecule has 0 saturated carbocycles. The summed E-state index contributed by atoms with van der Waals surface area (Å²) >= 11 is 10.6. The Balaban J connectivity index is 1.53. The molecule has 6 nitrogen and oxygen atoms in total. The molecular formula is C23H23BrClN3O3S2. The third-order valence-corrected chi connectivity index (χ3v) is 9.34. The third kappa shape index (κ3) is 5.60. The van der Waals surface area contributed by atoms with Crippen LogP contribution in [0.5, 0.6) is 0 Å². The smallest absolute Gasteiger partial charge is 0.251 e. The van der Waals surface area contributed by atoms with Crippen LogP contribution in [0.15, 0.2) is 68.7 Å². The number of aryl methyl sites for hydroxylation is 1. The molecule has 0 aliphatic carbocycles. The van der Waals surface area contributed by atoms with Crippen LogP contribution in [0.2, 0.25) is 5.02 Å². The van der Waals surface area contributed by atoms with E-state index in [0.717, 1.165) is 22.6 Å². The van der Waals surface area contributed by atoms with Gasteiger partial charge >= 0.3 is 0 Å². The molecule has 1 aliphatic heterocycles. The maximum Gasteiger partial charge on any atom is 0.251 e. The van der Waals surface area contributed by atoms with Gasteiger partial charge < -0.3 is 9.80 Å². The molecule has 1 atom stereocenters. The molecule has 0 bridgehead atoms. The molecule has 3 aromatic rings. The minimum atomic E-state index is -3.87. The Morgan fingerprint density at radius 1 is 1.06 bits per heavy atom. The summed E-state index contributed by atoms with van der Waals surface area (Å²) in [6.07, 6.45) is 0. The van der Waals surface area contributed by atoms with E-state index in [0.29, 0.717) is 40.6 Å². The number of hydrogen-bond donors (Lipinski definition) is 1. The van der Waals surface area contributed by atoms with Crippen LogP contribution in [0.1, 0.15) is 17.2 Å². The maximum absolute atomic E-state index is 13.5. The summed E-state index contributed by atoms with van der Waals surface area (Å²) in [5.41, 5.74) is 2.78. The molecule has 0 unspecified atom stereocenters. The number of rotatable bonds is 6. The van der Waals surface area contributed by atoms with E-state index in [-0.39, 0.29) is 10.1 Å². The standard InChI is InChI=1S/C23H23BrClN3O3S2/c1-16-7-8-18(25)15-19(16)27-11-13-28(14-12-27)23(29)22(17-5-3-2-4-6-17)26-33(30,31)21-10-9-20(24)32-21/h2-10,15,22,26H,11-14H2,1H3/t22-/m1/s1. The van der Waals surface area contributed by atoms with Crippen LogP contribution in [0, 0.1) is 6.92 Å². The van der Waals surface area contributed by atoms with Gasteiger partial charge in [-0.2, -0.15) is 4.72 Å². The molecule has 0 spiro atoms. The molecule has 4 rings (SSSR count). The average molecular weight is 569 g/mol. The number of amides is 1. The Morgan fingerprint density at radius 2 is 1.76 bits per heavy atom. The zero-order valence-electron chi connectivity index (χ0n) is 17.9. The predicted molar refractivity (Wildman–Crippen MR) is 137 cm³/mol. The fraction of sp³-hybridized carbons (Fsp3) is 0.261. The van der Waals surface area contributed by atoms with E-state index in [9.17, 15) is 13.2 Å². The van der Waals surface area contributed by atoms with Crippen molar-refractivity contribution in [3.8, 4) is 0 Å². The van der Waals surface area contributed by atoms with Crippen LogP contribution in [0.4, 0.5) is 5.69 Å². The van der Waals surface area contributed by atoms with Crippen molar-refractivity contribution in [3.05, 3.63) is 80.6 Å². The van der Waals surface area contributed by atoms with Gasteiger partial charge in [0, 0.05) is 36.9 Å². The Kier molecular flexibility index (Phi) is 7.45. The highest BCUT2D eigenvalue weighted by molar-refractivity contribution is 9.11. The van der Waals surface area contributed by atoms with Crippen LogP contribution < -0.4 is 9.62 Å². The summed E-state index contributed by atoms with van der Waals surface area (Å²) < 4.78 is 29.5. The summed E-state index contributed by atoms with van der Waals surface area (Å²) in [7, 11) is -3.87. The second-order valence-corrected chi connectivity index (χ2v) is 12.6. The van der Waals surface area contributed by atoms with E-state index in [4.69, 9.17) is 11.6 Å². The van der Waals surface area contributed by atoms with Crippen molar-refractivity contribution in [1.82, 2.24) is 9.62 Å². The average Bonchev–Trinajstić information content (AvgIpc) is 3.27. The number of carbonyl (C=O) groups excluding carboxylic acids is 1. The molecule has 1 amide bonds. The highest BCUT2D eigenvalue weighted by atomic mass is 79.9. The lowest BCUT2D eigenvalue weighted by molar-refractivity contribution is -0.133. The van der Waals surface area contributed by atoms with E-state index in [1.807, 2.05) is 31.2 Å². The molecule has 2 heterocycles. The number of piperazine rings is 1. The monoisotopic (exact) mass is 567 g/mol. The second kappa shape index (κ2) is 10.1. The van der Waals surface area contributed by atoms with Gasteiger partial charge in [0.25, 0.3) is 10.0 Å². The lowest BCUT2D eigenvalue weighted by Crippen LogP contribution is -2.52. The Bertz CT molecular complexity index is 1240. The molecule has 10 heteroatoms. The molecular weight excluding hydrogens is 546 g/mol. The van der Waals surface area contributed by atoms with Crippen LogP contribution in [-0.2, 0) is 14.8 Å². The lowest BCUT2D eigenvalue weighted by Gasteiger charge is -2.38. The number of thiophene rings is 1. The highest BCUT2D eigenvalue weighted by Gasteiger charge is 2.33. The molecule has 174 valence electrons. The Labute approximate surface area is 211 Å². The number of nitrogens with zero attached hydrogens (tertiary/aromatic N) is 2. The van der Waals surface area contributed by atoms with Gasteiger partial charge in [-0.3, -0.25) is 4.79 Å². The number of nitrogens with one attached hydrogen (secondary N) is 1. The topological polar surface area (TPSA) is 69.7 Å². The lowest BCUT2D eigenvalue weighted by atomic mass is 10.1. The van der Waals surface area contributed by atoms with Crippen molar-refractivity contribution < 1.29 is 13.2 Å². The molecule has 1 aliphatic rings. The molecule has 2 aromatic carbocycles. The molecule has 1 aromatic heterocycles. The van der Waals surface area contributed by atoms with Crippen molar-refractivity contribution in [2.75, 3.05) is 31.1 Å². The number of carbonyl (C=O) groups is 1. The molecule has 1 saturated heterocycles. The van der Waals surface area contributed by atoms with E-state index in [1.165, 1.54) is 6.07 Å². The van der Waals surface area contributed by atoms with Gasteiger partial charge in [-0.05, 0) is 58.2 Å². The van der Waals surface area contributed by atoms with Gasteiger partial charge in [0.05, 0.1) is 3.79 Å². The minimum absolute atomic E-state index is 0.157. The minimum Gasteiger partial charge on any atom is -0.368 e. The number of halogens is 2. The van der Waals surface area contributed by atoms with Crippen molar-refractivity contribution in [3.63, 3.8) is 0 Å². The van der Waals surface area contributed by atoms with E-state index in [1.54, 1.807) is 35.2 Å². The largest absolute Gasteiger partial charge is 0.368 e. The predicted octanol–water partition coefficient (Wildman–Crippen LogP) is 4.84. The van der Waals surface area contributed by atoms with E-state index >= 15 is 0 Å². The third-order valence-electron chi connectivity index (χ3n) is 5.57. The van der Waals surface area contributed by atoms with Crippen molar-refractivity contribution in [1.29, 1.82) is 0 Å². The van der Waals surface area contributed by atoms with Crippen LogP contribution >= 0.6 is 38.9 Å². The first-order valence-corrected chi connectivity index (χ1v) is 13.8. The number of benzene rings is 2. The Hall–Kier alpha value is -1.91. The first kappa shape index (κ1) is 24.2. The first-order valence-electron chi connectivity index (χ1n) is 10.4. The zero-order chi connectivity index (χ0) is 23.6. The summed E-state index contributed by atoms with van der Waals surface area (Å²) in [4.78, 5) is 17.5. The maximum atomic E-state index is 13.5. The summed E-state index contributed by atoms with van der Waals surface area (Å²) in [6, 6.07) is 16.9. The molecule has 33 heavy (non-hydrogen) atoms.